The molecule has 0 bridgehead atoms. The van der Waals surface area contributed by atoms with Gasteiger partial charge < -0.3 is 4.98 Å². The summed E-state index contributed by atoms with van der Waals surface area (Å²) in [5.41, 5.74) is 0.0286. The molecule has 2 aromatic rings. The van der Waals surface area contributed by atoms with Crippen molar-refractivity contribution >= 4 is 43.0 Å². The number of hydrogen-bond donors (Lipinski definition) is 2. The number of aromatic amines is 1. The Kier molecular flexibility index (Phi) is 3.36. The van der Waals surface area contributed by atoms with E-state index in [9.17, 15) is 13.2 Å². The van der Waals surface area contributed by atoms with E-state index in [1.165, 1.54) is 24.4 Å². The van der Waals surface area contributed by atoms with E-state index in [1.807, 2.05) is 0 Å². The minimum Gasteiger partial charge on any atom is -0.327 e. The predicted molar refractivity (Wildman–Crippen MR) is 69.9 cm³/mol. The van der Waals surface area contributed by atoms with E-state index in [4.69, 9.17) is 0 Å². The molecule has 0 fully saturated rings. The molecule has 0 amide bonds. The van der Waals surface area contributed by atoms with Gasteiger partial charge in [-0.1, -0.05) is 0 Å². The Labute approximate surface area is 110 Å². The minimum absolute atomic E-state index is 0.204. The second kappa shape index (κ2) is 4.63. The molecule has 2 rings (SSSR count). The summed E-state index contributed by atoms with van der Waals surface area (Å²) < 4.78 is 27.1. The molecule has 0 aliphatic rings. The van der Waals surface area contributed by atoms with Crippen molar-refractivity contribution in [2.45, 2.75) is 4.21 Å². The summed E-state index contributed by atoms with van der Waals surface area (Å²) in [6, 6.07) is 5.82. The lowest BCUT2D eigenvalue weighted by Gasteiger charge is -2.04. The lowest BCUT2D eigenvalue weighted by molar-refractivity contribution is 0.603. The molecule has 17 heavy (non-hydrogen) atoms. The van der Waals surface area contributed by atoms with Crippen LogP contribution in [0.4, 0.5) is 5.69 Å². The lowest BCUT2D eigenvalue weighted by Crippen LogP contribution is -2.13. The average Bonchev–Trinajstić information content (AvgIpc) is 2.69. The van der Waals surface area contributed by atoms with E-state index in [0.29, 0.717) is 5.69 Å². The van der Waals surface area contributed by atoms with Crippen LogP contribution in [0.3, 0.4) is 0 Å². The molecule has 8 heteroatoms. The highest BCUT2D eigenvalue weighted by Gasteiger charge is 2.16. The molecule has 0 aliphatic carbocycles. The van der Waals surface area contributed by atoms with Crippen LogP contribution in [0.2, 0.25) is 0 Å². The number of sulfonamides is 1. The van der Waals surface area contributed by atoms with Crippen molar-refractivity contribution in [3.8, 4) is 0 Å². The zero-order valence-electron chi connectivity index (χ0n) is 8.31. The molecule has 2 heterocycles. The normalized spacial score (nSPS) is 11.4. The average molecular weight is 335 g/mol. The van der Waals surface area contributed by atoms with Gasteiger partial charge in [-0.2, -0.15) is 0 Å². The van der Waals surface area contributed by atoms with Crippen molar-refractivity contribution in [3.05, 3.63) is 44.6 Å². The number of thiophene rings is 1. The third-order valence-electron chi connectivity index (χ3n) is 1.85. The van der Waals surface area contributed by atoms with E-state index in [-0.39, 0.29) is 9.77 Å². The minimum atomic E-state index is -3.59. The SMILES string of the molecule is O=c1ccc(NS(=O)(=O)c2ccc(Br)s2)c[nH]1. The van der Waals surface area contributed by atoms with Gasteiger partial charge in [0.1, 0.15) is 4.21 Å². The fourth-order valence-corrected chi connectivity index (χ4v) is 4.18. The summed E-state index contributed by atoms with van der Waals surface area (Å²) in [5.74, 6) is 0. The second-order valence-corrected chi connectivity index (χ2v) is 7.48. The maximum absolute atomic E-state index is 11.9. The summed E-state index contributed by atoms with van der Waals surface area (Å²) >= 11 is 4.31. The molecule has 5 nitrogen and oxygen atoms in total. The van der Waals surface area contributed by atoms with Gasteiger partial charge in [-0.25, -0.2) is 8.42 Å². The second-order valence-electron chi connectivity index (χ2n) is 3.11. The van der Waals surface area contributed by atoms with Crippen molar-refractivity contribution in [1.82, 2.24) is 4.98 Å². The van der Waals surface area contributed by atoms with E-state index >= 15 is 0 Å². The van der Waals surface area contributed by atoms with Gasteiger partial charge >= 0.3 is 0 Å². The van der Waals surface area contributed by atoms with Crippen LogP contribution < -0.4 is 10.3 Å². The summed E-state index contributed by atoms with van der Waals surface area (Å²) in [6.45, 7) is 0. The van der Waals surface area contributed by atoms with E-state index in [1.54, 1.807) is 6.07 Å². The first-order chi connectivity index (χ1) is 7.97. The van der Waals surface area contributed by atoms with Gasteiger partial charge in [0.25, 0.3) is 10.0 Å². The van der Waals surface area contributed by atoms with E-state index < -0.39 is 10.0 Å². The first-order valence-corrected chi connectivity index (χ1v) is 7.53. The summed E-state index contributed by atoms with van der Waals surface area (Å²) in [6.07, 6.45) is 1.31. The van der Waals surface area contributed by atoms with Crippen molar-refractivity contribution in [2.75, 3.05) is 4.72 Å². The Morgan fingerprint density at radius 1 is 1.24 bits per heavy atom. The third kappa shape index (κ3) is 2.96. The number of hydrogen-bond acceptors (Lipinski definition) is 4. The Morgan fingerprint density at radius 2 is 2.00 bits per heavy atom. The lowest BCUT2D eigenvalue weighted by atomic mass is 10.4. The molecular formula is C9H7BrN2O3S2. The third-order valence-corrected chi connectivity index (χ3v) is 5.35. The summed E-state index contributed by atoms with van der Waals surface area (Å²) in [5, 5.41) is 0. The van der Waals surface area contributed by atoms with Gasteiger partial charge in [-0.3, -0.25) is 9.52 Å². The van der Waals surface area contributed by atoms with Crippen LogP contribution in [0.5, 0.6) is 0 Å². The molecule has 0 saturated heterocycles. The number of H-pyrrole nitrogens is 1. The zero-order chi connectivity index (χ0) is 12.5. The smallest absolute Gasteiger partial charge is 0.271 e. The summed E-state index contributed by atoms with van der Waals surface area (Å²) in [4.78, 5) is 13.2. The molecule has 0 unspecified atom stereocenters. The quantitative estimate of drug-likeness (QED) is 0.900. The van der Waals surface area contributed by atoms with E-state index in [2.05, 4.69) is 25.6 Å². The largest absolute Gasteiger partial charge is 0.327 e. The Balaban J connectivity index is 2.29. The fraction of sp³-hybridized carbons (Fsp3) is 0. The van der Waals surface area contributed by atoms with Crippen LogP contribution in [0, 0.1) is 0 Å². The summed E-state index contributed by atoms with van der Waals surface area (Å²) in [7, 11) is -3.59. The topological polar surface area (TPSA) is 79.0 Å². The zero-order valence-corrected chi connectivity index (χ0v) is 11.5. The highest BCUT2D eigenvalue weighted by molar-refractivity contribution is 9.11. The molecule has 0 spiro atoms. The van der Waals surface area contributed by atoms with Crippen molar-refractivity contribution in [3.63, 3.8) is 0 Å². The Bertz CT molecular complexity index is 670. The molecule has 0 radical (unpaired) electrons. The van der Waals surface area contributed by atoms with Gasteiger partial charge in [0, 0.05) is 12.3 Å². The van der Waals surface area contributed by atoms with Crippen LogP contribution in [-0.4, -0.2) is 13.4 Å². The molecule has 2 aromatic heterocycles. The Hall–Kier alpha value is -1.12. The standard InChI is InChI=1S/C9H7BrN2O3S2/c10-7-2-4-9(16-7)17(14,15)12-6-1-3-8(13)11-5-6/h1-5,12H,(H,11,13). The maximum atomic E-state index is 11.9. The molecule has 2 N–H and O–H groups in total. The molecule has 0 atom stereocenters. The molecule has 0 saturated carbocycles. The highest BCUT2D eigenvalue weighted by atomic mass is 79.9. The fourth-order valence-electron chi connectivity index (χ4n) is 1.12. The first kappa shape index (κ1) is 12.3. The van der Waals surface area contributed by atoms with Crippen LogP contribution in [0.1, 0.15) is 0 Å². The first-order valence-electron chi connectivity index (χ1n) is 4.44. The van der Waals surface area contributed by atoms with Crippen molar-refractivity contribution < 1.29 is 8.42 Å². The molecular weight excluding hydrogens is 328 g/mol. The number of nitrogens with one attached hydrogen (secondary N) is 2. The van der Waals surface area contributed by atoms with Gasteiger partial charge in [0.15, 0.2) is 0 Å². The maximum Gasteiger partial charge on any atom is 0.271 e. The van der Waals surface area contributed by atoms with Crippen LogP contribution in [0.15, 0.2) is 43.3 Å². The van der Waals surface area contributed by atoms with Gasteiger partial charge in [0.05, 0.1) is 9.47 Å². The van der Waals surface area contributed by atoms with Gasteiger partial charge in [-0.05, 0) is 34.1 Å². The van der Waals surface area contributed by atoms with Crippen LogP contribution in [0.25, 0.3) is 0 Å². The van der Waals surface area contributed by atoms with Gasteiger partial charge in [-0.15, -0.1) is 11.3 Å². The van der Waals surface area contributed by atoms with Gasteiger partial charge in [0.2, 0.25) is 5.56 Å². The number of anilines is 1. The Morgan fingerprint density at radius 3 is 2.53 bits per heavy atom. The van der Waals surface area contributed by atoms with Crippen LogP contribution >= 0.6 is 27.3 Å². The van der Waals surface area contributed by atoms with Crippen LogP contribution in [-0.2, 0) is 10.0 Å². The predicted octanol–water partition coefficient (Wildman–Crippen LogP) is 2.00. The monoisotopic (exact) mass is 334 g/mol. The van der Waals surface area contributed by atoms with Crippen molar-refractivity contribution in [1.29, 1.82) is 0 Å². The number of halogens is 1. The number of rotatable bonds is 3. The van der Waals surface area contributed by atoms with Crippen molar-refractivity contribution in [2.24, 2.45) is 0 Å². The molecule has 0 aromatic carbocycles. The molecule has 90 valence electrons. The highest BCUT2D eigenvalue weighted by Crippen LogP contribution is 2.27. The molecule has 0 aliphatic heterocycles. The number of pyridine rings is 1. The number of aromatic nitrogens is 1. The van der Waals surface area contributed by atoms with E-state index in [0.717, 1.165) is 15.1 Å².